The van der Waals surface area contributed by atoms with E-state index in [0.29, 0.717) is 0 Å². The van der Waals surface area contributed by atoms with E-state index in [9.17, 15) is 13.2 Å². The lowest BCUT2D eigenvalue weighted by Crippen LogP contribution is -2.32. The first-order valence-electron chi connectivity index (χ1n) is 10.3. The topological polar surface area (TPSA) is 54.5 Å². The Hall–Kier alpha value is -2.02. The Morgan fingerprint density at radius 1 is 1.03 bits per heavy atom. The summed E-state index contributed by atoms with van der Waals surface area (Å²) in [5.74, 6) is -0.511. The largest absolute Gasteiger partial charge is 0.300 e. The van der Waals surface area contributed by atoms with Crippen LogP contribution < -0.4 is 0 Å². The number of Topliss-reactive ketones (excluding diaryl/α,β-unsaturated/α-hetero) is 1. The first-order chi connectivity index (χ1) is 14.0. The van der Waals surface area contributed by atoms with Crippen LogP contribution in [0.5, 0.6) is 0 Å². The predicted octanol–water partition coefficient (Wildman–Crippen LogP) is 5.00. The fourth-order valence-electron chi connectivity index (χ4n) is 4.01. The smallest absolute Gasteiger partial charge is 0.243 e. The zero-order valence-electron chi connectivity index (χ0n) is 18.4. The van der Waals surface area contributed by atoms with Crippen LogP contribution >= 0.6 is 0 Å². The molecular formula is C24H31NO3SSi. The second-order valence-corrected chi connectivity index (χ2v) is 16.2. The number of nitrogens with zero attached hydrogens (tertiary/aromatic N) is 1. The molecule has 0 radical (unpaired) electrons. The normalized spacial score (nSPS) is 23.2. The summed E-state index contributed by atoms with van der Waals surface area (Å²) in [6, 6.07) is 16.2. The Bertz CT molecular complexity index is 1020. The first kappa shape index (κ1) is 22.7. The van der Waals surface area contributed by atoms with Crippen LogP contribution in [0.1, 0.15) is 24.1 Å². The van der Waals surface area contributed by atoms with Crippen molar-refractivity contribution in [1.82, 2.24) is 4.31 Å². The van der Waals surface area contributed by atoms with Crippen molar-refractivity contribution in [2.45, 2.75) is 44.4 Å². The zero-order chi connectivity index (χ0) is 22.1. The summed E-state index contributed by atoms with van der Waals surface area (Å²) in [4.78, 5) is 12.8. The van der Waals surface area contributed by atoms with Crippen LogP contribution in [0, 0.1) is 18.8 Å². The highest BCUT2D eigenvalue weighted by Crippen LogP contribution is 2.45. The molecule has 0 bridgehead atoms. The molecule has 30 heavy (non-hydrogen) atoms. The second-order valence-electron chi connectivity index (χ2n) is 9.26. The molecule has 4 nitrogen and oxygen atoms in total. The van der Waals surface area contributed by atoms with Crippen LogP contribution in [0.15, 0.2) is 71.3 Å². The number of aryl methyl sites for hydroxylation is 1. The molecule has 160 valence electrons. The van der Waals surface area contributed by atoms with Gasteiger partial charge in [-0.25, -0.2) is 8.42 Å². The Morgan fingerprint density at radius 2 is 1.63 bits per heavy atom. The fourth-order valence-corrected chi connectivity index (χ4v) is 6.48. The lowest BCUT2D eigenvalue weighted by molar-refractivity contribution is -0.121. The summed E-state index contributed by atoms with van der Waals surface area (Å²) < 4.78 is 28.8. The summed E-state index contributed by atoms with van der Waals surface area (Å²) >= 11 is 0. The second kappa shape index (κ2) is 8.61. The Balaban J connectivity index is 2.14. The Morgan fingerprint density at radius 3 is 2.17 bits per heavy atom. The quantitative estimate of drug-likeness (QED) is 0.593. The average molecular weight is 442 g/mol. The highest BCUT2D eigenvalue weighted by atomic mass is 32.2. The van der Waals surface area contributed by atoms with Crippen LogP contribution in [0.2, 0.25) is 19.6 Å². The molecule has 0 aromatic heterocycles. The van der Waals surface area contributed by atoms with Crippen molar-refractivity contribution in [2.75, 3.05) is 6.54 Å². The molecule has 1 fully saturated rings. The van der Waals surface area contributed by atoms with Gasteiger partial charge in [0.05, 0.1) is 19.0 Å². The molecule has 1 aliphatic rings. The number of hydrogen-bond acceptors (Lipinski definition) is 3. The molecule has 0 spiro atoms. The van der Waals surface area contributed by atoms with E-state index >= 15 is 0 Å². The van der Waals surface area contributed by atoms with Crippen molar-refractivity contribution in [2.24, 2.45) is 11.8 Å². The van der Waals surface area contributed by atoms with Gasteiger partial charge >= 0.3 is 0 Å². The molecule has 1 aliphatic heterocycles. The first-order valence-corrected chi connectivity index (χ1v) is 15.4. The van der Waals surface area contributed by atoms with Gasteiger partial charge in [-0.3, -0.25) is 4.79 Å². The molecular weight excluding hydrogens is 410 g/mol. The number of carbonyl (C=O) groups excluding carboxylic acids is 1. The molecule has 0 aliphatic carbocycles. The van der Waals surface area contributed by atoms with Crippen LogP contribution in [-0.4, -0.2) is 33.1 Å². The van der Waals surface area contributed by atoms with Crippen molar-refractivity contribution in [3.63, 3.8) is 0 Å². The van der Waals surface area contributed by atoms with Crippen LogP contribution in [0.4, 0.5) is 0 Å². The summed E-state index contributed by atoms with van der Waals surface area (Å²) in [5.41, 5.74) is 4.15. The predicted molar refractivity (Wildman–Crippen MR) is 124 cm³/mol. The minimum Gasteiger partial charge on any atom is -0.300 e. The molecule has 2 aromatic rings. The number of ketones is 1. The van der Waals surface area contributed by atoms with Gasteiger partial charge in [0.25, 0.3) is 0 Å². The van der Waals surface area contributed by atoms with Gasteiger partial charge in [-0.2, -0.15) is 4.31 Å². The lowest BCUT2D eigenvalue weighted by Gasteiger charge is -2.27. The number of benzene rings is 2. The van der Waals surface area contributed by atoms with Gasteiger partial charge in [0.1, 0.15) is 5.78 Å². The van der Waals surface area contributed by atoms with E-state index in [0.717, 1.165) is 11.1 Å². The summed E-state index contributed by atoms with van der Waals surface area (Å²) in [5, 5.41) is 0. The summed E-state index contributed by atoms with van der Waals surface area (Å²) in [6.45, 7) is 10.4. The van der Waals surface area contributed by atoms with Crippen LogP contribution in [0.3, 0.4) is 0 Å². The molecule has 1 saturated heterocycles. The minimum absolute atomic E-state index is 0.0303. The fraction of sp³-hybridized carbons (Fsp3) is 0.375. The molecule has 1 heterocycles. The molecule has 0 N–H and O–H groups in total. The van der Waals surface area contributed by atoms with E-state index in [4.69, 9.17) is 0 Å². The standard InChI is InChI=1S/C24H31NO3SSi/c1-18-11-13-21(14-12-18)29(27,28)25-17-23(19(2)26)22(15-16-30(3,4)5)24(25)20-9-7-6-8-10-20/h6-16,22-24H,17H2,1-5H3/b16-15-/t22-,23+,24-/m1/s1. The molecule has 2 aromatic carbocycles. The van der Waals surface area contributed by atoms with E-state index in [1.165, 1.54) is 4.31 Å². The SMILES string of the molecule is CC(=O)[C@@H]1CN(S(=O)(=O)c2ccc(C)cc2)[C@H](c2ccccc2)[C@@H]1/C=C\[Si](C)(C)C. The number of sulfonamides is 1. The van der Waals surface area contributed by atoms with Crippen molar-refractivity contribution in [3.05, 3.63) is 77.5 Å². The summed E-state index contributed by atoms with van der Waals surface area (Å²) in [7, 11) is -5.26. The van der Waals surface area contributed by atoms with E-state index in [-0.39, 0.29) is 29.1 Å². The third-order valence-electron chi connectivity index (χ3n) is 5.63. The van der Waals surface area contributed by atoms with Crippen molar-refractivity contribution in [1.29, 1.82) is 0 Å². The van der Waals surface area contributed by atoms with Gasteiger partial charge < -0.3 is 0 Å². The van der Waals surface area contributed by atoms with E-state index in [1.54, 1.807) is 19.1 Å². The Labute approximate surface area is 181 Å². The highest BCUT2D eigenvalue weighted by Gasteiger charge is 2.48. The lowest BCUT2D eigenvalue weighted by atomic mass is 9.85. The van der Waals surface area contributed by atoms with Crippen molar-refractivity contribution < 1.29 is 13.2 Å². The monoisotopic (exact) mass is 441 g/mol. The minimum atomic E-state index is -3.75. The molecule has 0 amide bonds. The van der Waals surface area contributed by atoms with Crippen molar-refractivity contribution >= 4 is 23.9 Å². The Kier molecular flexibility index (Phi) is 6.50. The molecule has 0 unspecified atom stereocenters. The third kappa shape index (κ3) is 4.82. The molecule has 3 rings (SSSR count). The maximum absolute atomic E-state index is 13.6. The van der Waals surface area contributed by atoms with Crippen molar-refractivity contribution in [3.8, 4) is 0 Å². The van der Waals surface area contributed by atoms with E-state index in [1.807, 2.05) is 49.4 Å². The number of rotatable bonds is 6. The maximum Gasteiger partial charge on any atom is 0.243 e. The van der Waals surface area contributed by atoms with Gasteiger partial charge in [0.2, 0.25) is 10.0 Å². The average Bonchev–Trinajstić information content (AvgIpc) is 3.07. The third-order valence-corrected chi connectivity index (χ3v) is 8.68. The van der Waals surface area contributed by atoms with Gasteiger partial charge in [0, 0.05) is 18.4 Å². The van der Waals surface area contributed by atoms with Crippen LogP contribution in [-0.2, 0) is 14.8 Å². The zero-order valence-corrected chi connectivity index (χ0v) is 20.2. The molecule has 6 heteroatoms. The van der Waals surface area contributed by atoms with Gasteiger partial charge in [-0.15, -0.1) is 0 Å². The van der Waals surface area contributed by atoms with Gasteiger partial charge in [-0.1, -0.05) is 79.4 Å². The molecule has 3 atom stereocenters. The van der Waals surface area contributed by atoms with Crippen LogP contribution in [0.25, 0.3) is 0 Å². The summed E-state index contributed by atoms with van der Waals surface area (Å²) in [6.07, 6.45) is 2.11. The van der Waals surface area contributed by atoms with E-state index in [2.05, 4.69) is 31.4 Å². The van der Waals surface area contributed by atoms with Gasteiger partial charge in [-0.05, 0) is 31.5 Å². The van der Waals surface area contributed by atoms with Gasteiger partial charge in [0.15, 0.2) is 0 Å². The molecule has 0 saturated carbocycles. The highest BCUT2D eigenvalue weighted by molar-refractivity contribution is 7.89. The maximum atomic E-state index is 13.6. The number of hydrogen-bond donors (Lipinski definition) is 0. The number of carbonyl (C=O) groups is 1. The van der Waals surface area contributed by atoms with E-state index < -0.39 is 24.1 Å².